The Labute approximate surface area is 153 Å². The molecule has 0 spiro atoms. The standard InChI is InChI=1S/C19H17N3O3S/c1-12(2)11-25-14-7-5-13(6-8-14)17-20-19-22(21-17)18(23)16(26-19)10-15-4-3-9-24-15/h3-10,12H,11H2,1-2H3/b16-10+. The van der Waals surface area contributed by atoms with Crippen molar-refractivity contribution in [3.63, 3.8) is 0 Å². The Morgan fingerprint density at radius 2 is 2.08 bits per heavy atom. The number of ether oxygens (including phenoxy) is 1. The van der Waals surface area contributed by atoms with Gasteiger partial charge in [-0.1, -0.05) is 25.2 Å². The minimum absolute atomic E-state index is 0.197. The van der Waals surface area contributed by atoms with Crippen LogP contribution in [0.1, 0.15) is 19.6 Å². The van der Waals surface area contributed by atoms with E-state index < -0.39 is 0 Å². The first-order chi connectivity index (χ1) is 12.6. The van der Waals surface area contributed by atoms with Crippen molar-refractivity contribution >= 4 is 22.4 Å². The SMILES string of the molecule is CC(C)COc1ccc(-c2nc3s/c(=C/c4ccco4)c(=O)n3n2)cc1. The Morgan fingerprint density at radius 3 is 2.73 bits per heavy atom. The molecule has 0 aliphatic heterocycles. The summed E-state index contributed by atoms with van der Waals surface area (Å²) in [5.41, 5.74) is 0.644. The maximum atomic E-state index is 12.5. The van der Waals surface area contributed by atoms with E-state index in [1.54, 1.807) is 24.5 Å². The topological polar surface area (TPSA) is 69.6 Å². The highest BCUT2D eigenvalue weighted by Gasteiger charge is 2.12. The lowest BCUT2D eigenvalue weighted by Gasteiger charge is -2.08. The van der Waals surface area contributed by atoms with Crippen molar-refractivity contribution in [3.05, 3.63) is 63.3 Å². The molecule has 4 aromatic rings. The number of nitrogens with zero attached hydrogens (tertiary/aromatic N) is 3. The van der Waals surface area contributed by atoms with Crippen LogP contribution in [0.4, 0.5) is 0 Å². The van der Waals surface area contributed by atoms with E-state index in [4.69, 9.17) is 9.15 Å². The Kier molecular flexibility index (Phi) is 4.30. The third-order valence-electron chi connectivity index (χ3n) is 3.69. The number of fused-ring (bicyclic) bond motifs is 1. The van der Waals surface area contributed by atoms with Gasteiger partial charge in [0.1, 0.15) is 16.0 Å². The largest absolute Gasteiger partial charge is 0.493 e. The smallest absolute Gasteiger partial charge is 0.291 e. The molecule has 132 valence electrons. The summed E-state index contributed by atoms with van der Waals surface area (Å²) < 4.78 is 12.8. The van der Waals surface area contributed by atoms with Crippen LogP contribution >= 0.6 is 11.3 Å². The molecule has 7 heteroatoms. The minimum Gasteiger partial charge on any atom is -0.493 e. The molecule has 0 saturated heterocycles. The van der Waals surface area contributed by atoms with Crippen LogP contribution in [0.25, 0.3) is 22.4 Å². The lowest BCUT2D eigenvalue weighted by atomic mass is 10.2. The molecule has 3 aromatic heterocycles. The fraction of sp³-hybridized carbons (Fsp3) is 0.211. The van der Waals surface area contributed by atoms with Gasteiger partial charge in [0.05, 0.1) is 12.9 Å². The summed E-state index contributed by atoms with van der Waals surface area (Å²) in [6.07, 6.45) is 3.27. The van der Waals surface area contributed by atoms with Crippen molar-refractivity contribution in [2.75, 3.05) is 6.61 Å². The number of aromatic nitrogens is 3. The summed E-state index contributed by atoms with van der Waals surface area (Å²) in [6.45, 7) is 4.88. The molecule has 0 bridgehead atoms. The van der Waals surface area contributed by atoms with Gasteiger partial charge in [-0.3, -0.25) is 4.79 Å². The monoisotopic (exact) mass is 367 g/mol. The van der Waals surface area contributed by atoms with Crippen LogP contribution in [0.3, 0.4) is 0 Å². The summed E-state index contributed by atoms with van der Waals surface area (Å²) in [6, 6.07) is 11.1. The summed E-state index contributed by atoms with van der Waals surface area (Å²) in [4.78, 5) is 17.5. The first-order valence-corrected chi connectivity index (χ1v) is 9.10. The van der Waals surface area contributed by atoms with Crippen molar-refractivity contribution in [1.82, 2.24) is 14.6 Å². The van der Waals surface area contributed by atoms with Gasteiger partial charge in [-0.2, -0.15) is 9.50 Å². The number of benzene rings is 1. The van der Waals surface area contributed by atoms with Crippen molar-refractivity contribution in [3.8, 4) is 17.1 Å². The minimum atomic E-state index is -0.197. The molecule has 0 aliphatic carbocycles. The van der Waals surface area contributed by atoms with Crippen LogP contribution in [0, 0.1) is 5.92 Å². The van der Waals surface area contributed by atoms with E-state index in [0.717, 1.165) is 11.3 Å². The van der Waals surface area contributed by atoms with E-state index in [0.29, 0.717) is 33.6 Å². The fourth-order valence-corrected chi connectivity index (χ4v) is 3.31. The zero-order chi connectivity index (χ0) is 18.1. The van der Waals surface area contributed by atoms with Gasteiger partial charge < -0.3 is 9.15 Å². The average Bonchev–Trinajstić information content (AvgIpc) is 3.34. The van der Waals surface area contributed by atoms with E-state index in [1.165, 1.54) is 15.9 Å². The van der Waals surface area contributed by atoms with Gasteiger partial charge in [0.25, 0.3) is 5.56 Å². The first kappa shape index (κ1) is 16.5. The quantitative estimate of drug-likeness (QED) is 0.542. The molecule has 0 aliphatic rings. The maximum Gasteiger partial charge on any atom is 0.291 e. The highest BCUT2D eigenvalue weighted by molar-refractivity contribution is 7.15. The Balaban J connectivity index is 1.63. The Hall–Kier alpha value is -2.93. The molecule has 26 heavy (non-hydrogen) atoms. The molecule has 3 heterocycles. The number of hydrogen-bond acceptors (Lipinski definition) is 6. The molecule has 0 amide bonds. The highest BCUT2D eigenvalue weighted by Crippen LogP contribution is 2.20. The van der Waals surface area contributed by atoms with Crippen LogP contribution < -0.4 is 14.8 Å². The van der Waals surface area contributed by atoms with Gasteiger partial charge in [0.2, 0.25) is 4.96 Å². The third-order valence-corrected chi connectivity index (χ3v) is 4.65. The van der Waals surface area contributed by atoms with E-state index in [-0.39, 0.29) is 5.56 Å². The number of hydrogen-bond donors (Lipinski definition) is 0. The first-order valence-electron chi connectivity index (χ1n) is 8.28. The summed E-state index contributed by atoms with van der Waals surface area (Å²) in [5.74, 6) is 2.43. The second kappa shape index (κ2) is 6.76. The molecule has 0 atom stereocenters. The molecule has 1 aromatic carbocycles. The van der Waals surface area contributed by atoms with Gasteiger partial charge in [-0.05, 0) is 42.3 Å². The van der Waals surface area contributed by atoms with Gasteiger partial charge in [0, 0.05) is 11.6 Å². The van der Waals surface area contributed by atoms with E-state index in [1.807, 2.05) is 24.3 Å². The number of furan rings is 1. The van der Waals surface area contributed by atoms with Crippen LogP contribution in [0.5, 0.6) is 5.75 Å². The second-order valence-corrected chi connectivity index (χ2v) is 7.30. The predicted octanol–water partition coefficient (Wildman–Crippen LogP) is 2.99. The molecule has 4 rings (SSSR count). The number of rotatable bonds is 5. The van der Waals surface area contributed by atoms with Crippen molar-refractivity contribution < 1.29 is 9.15 Å². The molecule has 6 nitrogen and oxygen atoms in total. The molecule has 0 unspecified atom stereocenters. The molecule has 0 fully saturated rings. The van der Waals surface area contributed by atoms with Crippen LogP contribution in [-0.4, -0.2) is 21.2 Å². The molecule has 0 radical (unpaired) electrons. The van der Waals surface area contributed by atoms with Gasteiger partial charge in [-0.15, -0.1) is 5.10 Å². The average molecular weight is 367 g/mol. The summed E-state index contributed by atoms with van der Waals surface area (Å²) in [5, 5.41) is 4.35. The Bertz CT molecular complexity index is 1130. The van der Waals surface area contributed by atoms with Crippen LogP contribution in [0.2, 0.25) is 0 Å². The van der Waals surface area contributed by atoms with Crippen molar-refractivity contribution in [1.29, 1.82) is 0 Å². The van der Waals surface area contributed by atoms with Crippen LogP contribution in [0.15, 0.2) is 51.9 Å². The summed E-state index contributed by atoms with van der Waals surface area (Å²) >= 11 is 1.29. The van der Waals surface area contributed by atoms with E-state index in [2.05, 4.69) is 23.9 Å². The van der Waals surface area contributed by atoms with Crippen molar-refractivity contribution in [2.45, 2.75) is 13.8 Å². The van der Waals surface area contributed by atoms with Gasteiger partial charge in [0.15, 0.2) is 5.82 Å². The van der Waals surface area contributed by atoms with E-state index >= 15 is 0 Å². The molecular formula is C19H17N3O3S. The second-order valence-electron chi connectivity index (χ2n) is 6.29. The molecule has 0 saturated carbocycles. The maximum absolute atomic E-state index is 12.5. The molecule has 0 N–H and O–H groups in total. The Morgan fingerprint density at radius 1 is 1.27 bits per heavy atom. The lowest BCUT2D eigenvalue weighted by Crippen LogP contribution is -2.23. The summed E-state index contributed by atoms with van der Waals surface area (Å²) in [7, 11) is 0. The number of thiazole rings is 1. The van der Waals surface area contributed by atoms with Gasteiger partial charge >= 0.3 is 0 Å². The van der Waals surface area contributed by atoms with Gasteiger partial charge in [-0.25, -0.2) is 0 Å². The predicted molar refractivity (Wildman–Crippen MR) is 100 cm³/mol. The van der Waals surface area contributed by atoms with E-state index in [9.17, 15) is 4.79 Å². The highest BCUT2D eigenvalue weighted by atomic mass is 32.1. The third kappa shape index (κ3) is 3.25. The lowest BCUT2D eigenvalue weighted by molar-refractivity contribution is 0.271. The normalized spacial score (nSPS) is 12.3. The molecular weight excluding hydrogens is 350 g/mol. The fourth-order valence-electron chi connectivity index (χ4n) is 2.42. The van der Waals surface area contributed by atoms with Crippen LogP contribution in [-0.2, 0) is 0 Å². The van der Waals surface area contributed by atoms with Crippen molar-refractivity contribution in [2.24, 2.45) is 5.92 Å². The zero-order valence-electron chi connectivity index (χ0n) is 14.4. The zero-order valence-corrected chi connectivity index (χ0v) is 15.2.